The van der Waals surface area contributed by atoms with Crippen LogP contribution in [0.15, 0.2) is 34.9 Å². The van der Waals surface area contributed by atoms with Crippen LogP contribution in [-0.4, -0.2) is 5.40 Å². The van der Waals surface area contributed by atoms with Crippen LogP contribution in [-0.2, 0) is 9.13 Å². The summed E-state index contributed by atoms with van der Waals surface area (Å²) in [6, 6.07) is 0. The van der Waals surface area contributed by atoms with Crippen molar-refractivity contribution < 1.29 is 147 Å². The van der Waals surface area contributed by atoms with E-state index >= 15 is 0 Å². The van der Waals surface area contributed by atoms with E-state index in [0.717, 1.165) is 19.3 Å². The first-order valence-electron chi connectivity index (χ1n) is 7.84. The molecule has 0 aliphatic rings. The third-order valence-corrected chi connectivity index (χ3v) is 7.31. The number of rotatable bonds is 10. The summed E-state index contributed by atoms with van der Waals surface area (Å²) in [5, 5.41) is -2.40. The molecule has 28 heavy (non-hydrogen) atoms. The molecule has 0 saturated carbocycles. The second-order valence-electron chi connectivity index (χ2n) is 6.08. The number of hydrogen-bond acceptors (Lipinski definition) is 6. The Hall–Kier alpha value is 3.52. The van der Waals surface area contributed by atoms with Gasteiger partial charge in [0.15, 0.2) is 0 Å². The molecule has 0 amide bonds. The Morgan fingerprint density at radius 3 is 1.46 bits per heavy atom. The van der Waals surface area contributed by atoms with Crippen molar-refractivity contribution in [3.05, 3.63) is 34.9 Å². The van der Waals surface area contributed by atoms with E-state index in [2.05, 4.69) is 19.1 Å². The van der Waals surface area contributed by atoms with Gasteiger partial charge in [0.1, 0.15) is 0 Å². The first-order chi connectivity index (χ1) is 10.9. The molecule has 0 heterocycles. The zero-order valence-corrected chi connectivity index (χ0v) is 28.5. The van der Waals surface area contributed by atoms with Crippen molar-refractivity contribution in [1.29, 1.82) is 0 Å². The van der Waals surface area contributed by atoms with Crippen LogP contribution in [0.1, 0.15) is 59.8 Å². The Balaban J connectivity index is -0.000000441. The van der Waals surface area contributed by atoms with E-state index in [-0.39, 0.29) is 118 Å². The van der Waals surface area contributed by atoms with Gasteiger partial charge in [-0.05, 0) is 59.8 Å². The fourth-order valence-electron chi connectivity index (χ4n) is 2.11. The zero-order valence-electron chi connectivity index (χ0n) is 18.7. The average Bonchev–Trinajstić information content (AvgIpc) is 2.42. The quantitative estimate of drug-likeness (QED) is 0.178. The smallest absolute Gasteiger partial charge is 0.810 e. The Labute approximate surface area is 258 Å². The Morgan fingerprint density at radius 2 is 1.11 bits per heavy atom. The van der Waals surface area contributed by atoms with Crippen molar-refractivity contribution >= 4 is 15.2 Å². The van der Waals surface area contributed by atoms with Gasteiger partial charge in [-0.3, -0.25) is 0 Å². The molecule has 0 fully saturated rings. The molecule has 140 valence electrons. The van der Waals surface area contributed by atoms with Gasteiger partial charge in [0.2, 0.25) is 0 Å². The summed E-state index contributed by atoms with van der Waals surface area (Å²) in [4.78, 5) is 43.8. The van der Waals surface area contributed by atoms with Gasteiger partial charge in [-0.25, -0.2) is 0 Å². The third-order valence-electron chi connectivity index (χ3n) is 3.79. The standard InChI is InChI=1S/C16H30O6P2.4Na/c1-5-13(2)8-6-9-14(3)10-7-11-15(4)12-16(23(17,18)19)24(20,21)22;;;;/h5,9,11,16H,6-8,10,12H2,1-4H3,(H2,17,18,19)(H2,20,21,22);;;;/q;4*+1/p-4/b13-5+,14-9-,15-11+;;;;. The zero-order chi connectivity index (χ0) is 19.0. The minimum atomic E-state index is -5.48. The SMILES string of the molecule is C/C=C(\C)CC/C=C(/C)CC/C=C(\C)CC(P(=O)([O-])[O-])P(=O)([O-])[O-].[Na+].[Na+].[Na+].[Na+]. The van der Waals surface area contributed by atoms with Crippen LogP contribution < -0.4 is 138 Å². The molecule has 6 nitrogen and oxygen atoms in total. The molecule has 0 saturated heterocycles. The second-order valence-corrected chi connectivity index (χ2v) is 9.89. The predicted octanol–water partition coefficient (Wildman–Crippen LogP) is -10.0. The van der Waals surface area contributed by atoms with Crippen LogP contribution >= 0.6 is 15.2 Å². The van der Waals surface area contributed by atoms with Crippen LogP contribution in [0.25, 0.3) is 0 Å². The van der Waals surface area contributed by atoms with Crippen molar-refractivity contribution in [2.24, 2.45) is 0 Å². The fraction of sp³-hybridized carbons (Fsp3) is 0.625. The van der Waals surface area contributed by atoms with Crippen molar-refractivity contribution in [1.82, 2.24) is 0 Å². The van der Waals surface area contributed by atoms with Crippen LogP contribution in [0.5, 0.6) is 0 Å². The topological polar surface area (TPSA) is 126 Å². The summed E-state index contributed by atoms with van der Waals surface area (Å²) in [7, 11) is -11.0. The monoisotopic (exact) mass is 468 g/mol. The average molecular weight is 468 g/mol. The molecular formula is C16H26Na4O6P2. The van der Waals surface area contributed by atoms with Crippen molar-refractivity contribution in [3.63, 3.8) is 0 Å². The Morgan fingerprint density at radius 1 is 0.750 bits per heavy atom. The van der Waals surface area contributed by atoms with E-state index < -0.39 is 27.0 Å². The van der Waals surface area contributed by atoms with Crippen LogP contribution in [0.3, 0.4) is 0 Å². The summed E-state index contributed by atoms with van der Waals surface area (Å²) in [5.41, 5.74) is 2.91. The predicted molar refractivity (Wildman–Crippen MR) is 89.0 cm³/mol. The summed E-state index contributed by atoms with van der Waals surface area (Å²) in [6.45, 7) is 7.58. The molecule has 0 rings (SSSR count). The Kier molecular flexibility index (Phi) is 31.4. The molecule has 0 spiro atoms. The van der Waals surface area contributed by atoms with E-state index in [4.69, 9.17) is 0 Å². The van der Waals surface area contributed by atoms with Gasteiger partial charge in [0, 0.05) is 5.40 Å². The third kappa shape index (κ3) is 21.4. The maximum absolute atomic E-state index is 11.0. The van der Waals surface area contributed by atoms with Crippen molar-refractivity contribution in [2.45, 2.75) is 65.2 Å². The molecule has 0 aromatic heterocycles. The van der Waals surface area contributed by atoms with Crippen molar-refractivity contribution in [3.8, 4) is 0 Å². The van der Waals surface area contributed by atoms with Gasteiger partial charge in [-0.2, -0.15) is 0 Å². The van der Waals surface area contributed by atoms with Crippen LogP contribution in [0, 0.1) is 0 Å². The van der Waals surface area contributed by atoms with E-state index in [1.54, 1.807) is 6.08 Å². The Bertz CT molecular complexity index is 574. The largest absolute Gasteiger partial charge is 1.00 e. The fourth-order valence-corrected chi connectivity index (χ4v) is 4.52. The molecular weight excluding hydrogens is 442 g/mol. The summed E-state index contributed by atoms with van der Waals surface area (Å²) < 4.78 is 21.9. The minimum absolute atomic E-state index is 0. The van der Waals surface area contributed by atoms with E-state index in [0.29, 0.717) is 12.0 Å². The van der Waals surface area contributed by atoms with Gasteiger partial charge in [0.05, 0.1) is 0 Å². The molecule has 0 unspecified atom stereocenters. The van der Waals surface area contributed by atoms with Gasteiger partial charge >= 0.3 is 118 Å². The molecule has 0 radical (unpaired) electrons. The summed E-state index contributed by atoms with van der Waals surface area (Å²) in [5.74, 6) is 0. The molecule has 0 aliphatic carbocycles. The molecule has 0 aromatic carbocycles. The molecule has 0 aromatic rings. The molecule has 0 bridgehead atoms. The molecule has 12 heteroatoms. The van der Waals surface area contributed by atoms with Gasteiger partial charge in [0.25, 0.3) is 0 Å². The summed E-state index contributed by atoms with van der Waals surface area (Å²) >= 11 is 0. The minimum Gasteiger partial charge on any atom is -0.810 e. The van der Waals surface area contributed by atoms with E-state index in [1.165, 1.54) is 18.1 Å². The summed E-state index contributed by atoms with van der Waals surface area (Å²) in [6.07, 6.45) is 8.59. The first-order valence-corrected chi connectivity index (χ1v) is 11.1. The second kappa shape index (κ2) is 21.1. The van der Waals surface area contributed by atoms with Crippen LogP contribution in [0.2, 0.25) is 0 Å². The maximum atomic E-state index is 11.0. The van der Waals surface area contributed by atoms with Gasteiger partial charge in [-0.15, -0.1) is 0 Å². The molecule has 0 atom stereocenters. The maximum Gasteiger partial charge on any atom is 1.00 e. The number of hydrogen-bond donors (Lipinski definition) is 0. The van der Waals surface area contributed by atoms with Gasteiger partial charge in [-0.1, -0.05) is 50.1 Å². The first kappa shape index (κ1) is 41.7. The molecule has 0 N–H and O–H groups in total. The van der Waals surface area contributed by atoms with Crippen LogP contribution in [0.4, 0.5) is 0 Å². The van der Waals surface area contributed by atoms with E-state index in [9.17, 15) is 28.7 Å². The number of allylic oxidation sites excluding steroid dienone is 6. The van der Waals surface area contributed by atoms with Crippen molar-refractivity contribution in [2.75, 3.05) is 0 Å². The van der Waals surface area contributed by atoms with Gasteiger partial charge < -0.3 is 28.7 Å². The van der Waals surface area contributed by atoms with E-state index in [1.807, 2.05) is 13.8 Å². The normalized spacial score (nSPS) is 13.1. The molecule has 0 aliphatic heterocycles.